The Labute approximate surface area is 100 Å². The fourth-order valence-electron chi connectivity index (χ4n) is 1.36. The smallest absolute Gasteiger partial charge is 0.271 e. The minimum absolute atomic E-state index is 0.0636. The van der Waals surface area contributed by atoms with Crippen molar-refractivity contribution < 1.29 is 0 Å². The second kappa shape index (κ2) is 6.68. The second-order valence-electron chi connectivity index (χ2n) is 3.91. The highest BCUT2D eigenvalue weighted by molar-refractivity contribution is 7.03. The van der Waals surface area contributed by atoms with E-state index >= 15 is 0 Å². The molecule has 0 unspecified atom stereocenters. The second-order valence-corrected chi connectivity index (χ2v) is 4.89. The van der Waals surface area contributed by atoms with Crippen LogP contribution in [0.1, 0.15) is 39.5 Å². The summed E-state index contributed by atoms with van der Waals surface area (Å²) in [5.74, 6) is 0. The van der Waals surface area contributed by atoms with E-state index in [0.29, 0.717) is 0 Å². The highest BCUT2D eigenvalue weighted by atomic mass is 32.1. The zero-order valence-electron chi connectivity index (χ0n) is 10.4. The number of rotatable bonds is 6. The highest BCUT2D eigenvalue weighted by Gasteiger charge is 2.03. The van der Waals surface area contributed by atoms with Gasteiger partial charge in [-0.15, -0.1) is 0 Å². The van der Waals surface area contributed by atoms with Crippen LogP contribution in [0.4, 0.5) is 0 Å². The molecule has 0 saturated carbocycles. The van der Waals surface area contributed by atoms with E-state index in [1.807, 2.05) is 0 Å². The molecule has 0 aliphatic rings. The molecule has 0 saturated heterocycles. The Morgan fingerprint density at radius 3 is 2.56 bits per heavy atom. The number of aryl methyl sites for hydroxylation is 1. The fourth-order valence-corrected chi connectivity index (χ4v) is 2.33. The van der Waals surface area contributed by atoms with Crippen LogP contribution in [0, 0.1) is 0 Å². The van der Waals surface area contributed by atoms with E-state index in [1.54, 1.807) is 15.6 Å². The van der Waals surface area contributed by atoms with Gasteiger partial charge in [0.15, 0.2) is 0 Å². The Kier molecular flexibility index (Phi) is 5.52. The zero-order valence-corrected chi connectivity index (χ0v) is 11.2. The van der Waals surface area contributed by atoms with Crippen molar-refractivity contribution in [3.63, 3.8) is 0 Å². The molecule has 0 amide bonds. The standard InChI is InChI=1S/C11H21N3OS/c1-4-6-8-12-10-13(3)11(15)14(16-10)9-7-5-2/h4-9H2,1-3H3. The van der Waals surface area contributed by atoms with E-state index in [0.717, 1.165) is 43.6 Å². The molecular formula is C11H21N3OS. The Morgan fingerprint density at radius 2 is 1.94 bits per heavy atom. The van der Waals surface area contributed by atoms with Crippen molar-refractivity contribution in [3.8, 4) is 0 Å². The van der Waals surface area contributed by atoms with Crippen LogP contribution < -0.4 is 10.5 Å². The summed E-state index contributed by atoms with van der Waals surface area (Å²) in [5.41, 5.74) is 0.0636. The van der Waals surface area contributed by atoms with E-state index in [2.05, 4.69) is 18.8 Å². The first-order chi connectivity index (χ1) is 7.70. The molecule has 1 aromatic rings. The SMILES string of the molecule is CCCCN=c1sn(CCCC)c(=O)n1C. The molecule has 0 fully saturated rings. The first-order valence-corrected chi connectivity index (χ1v) is 6.75. The third kappa shape index (κ3) is 3.33. The van der Waals surface area contributed by atoms with Crippen LogP contribution in [0.3, 0.4) is 0 Å². The topological polar surface area (TPSA) is 39.3 Å². The molecule has 0 atom stereocenters. The van der Waals surface area contributed by atoms with Crippen molar-refractivity contribution in [1.29, 1.82) is 0 Å². The Hall–Kier alpha value is -0.840. The molecular weight excluding hydrogens is 222 g/mol. The van der Waals surface area contributed by atoms with E-state index in [4.69, 9.17) is 0 Å². The lowest BCUT2D eigenvalue weighted by Crippen LogP contribution is -2.26. The lowest BCUT2D eigenvalue weighted by atomic mass is 10.3. The predicted molar refractivity (Wildman–Crippen MR) is 67.8 cm³/mol. The van der Waals surface area contributed by atoms with E-state index < -0.39 is 0 Å². The number of aromatic nitrogens is 2. The molecule has 0 bridgehead atoms. The van der Waals surface area contributed by atoms with Gasteiger partial charge in [-0.3, -0.25) is 9.56 Å². The quantitative estimate of drug-likeness (QED) is 0.702. The third-order valence-corrected chi connectivity index (χ3v) is 3.58. The molecule has 0 aromatic carbocycles. The van der Waals surface area contributed by atoms with E-state index in [-0.39, 0.29) is 5.69 Å². The highest BCUT2D eigenvalue weighted by Crippen LogP contribution is 1.94. The van der Waals surface area contributed by atoms with Gasteiger partial charge < -0.3 is 0 Å². The van der Waals surface area contributed by atoms with Crippen LogP contribution in [-0.4, -0.2) is 15.1 Å². The van der Waals surface area contributed by atoms with Gasteiger partial charge in [-0.25, -0.2) is 8.75 Å². The van der Waals surface area contributed by atoms with Gasteiger partial charge in [0.2, 0.25) is 4.80 Å². The fraction of sp³-hybridized carbons (Fsp3) is 0.818. The maximum absolute atomic E-state index is 11.8. The lowest BCUT2D eigenvalue weighted by Gasteiger charge is -1.94. The Morgan fingerprint density at radius 1 is 1.25 bits per heavy atom. The van der Waals surface area contributed by atoms with Crippen molar-refractivity contribution in [2.24, 2.45) is 12.0 Å². The van der Waals surface area contributed by atoms with Gasteiger partial charge in [0.1, 0.15) is 0 Å². The van der Waals surface area contributed by atoms with Gasteiger partial charge in [0.05, 0.1) is 0 Å². The molecule has 4 nitrogen and oxygen atoms in total. The van der Waals surface area contributed by atoms with Crippen LogP contribution in [0.15, 0.2) is 9.79 Å². The lowest BCUT2D eigenvalue weighted by molar-refractivity contribution is 0.626. The summed E-state index contributed by atoms with van der Waals surface area (Å²) < 4.78 is 3.45. The van der Waals surface area contributed by atoms with Crippen molar-refractivity contribution in [2.45, 2.75) is 46.1 Å². The number of hydrogen-bond acceptors (Lipinski definition) is 3. The van der Waals surface area contributed by atoms with Gasteiger partial charge in [0.25, 0.3) is 0 Å². The van der Waals surface area contributed by atoms with Crippen LogP contribution in [-0.2, 0) is 13.6 Å². The van der Waals surface area contributed by atoms with Crippen LogP contribution in [0.5, 0.6) is 0 Å². The molecule has 0 spiro atoms. The molecule has 0 aliphatic carbocycles. The first kappa shape index (κ1) is 13.2. The monoisotopic (exact) mass is 243 g/mol. The molecule has 5 heteroatoms. The molecule has 1 rings (SSSR count). The molecule has 92 valence electrons. The van der Waals surface area contributed by atoms with Crippen molar-refractivity contribution in [1.82, 2.24) is 8.52 Å². The number of hydrogen-bond donors (Lipinski definition) is 0. The number of nitrogens with zero attached hydrogens (tertiary/aromatic N) is 3. The first-order valence-electron chi connectivity index (χ1n) is 5.98. The average Bonchev–Trinajstić information content (AvgIpc) is 2.55. The summed E-state index contributed by atoms with van der Waals surface area (Å²) >= 11 is 1.48. The normalized spacial score (nSPS) is 12.3. The minimum Gasteiger partial charge on any atom is -0.271 e. The summed E-state index contributed by atoms with van der Waals surface area (Å²) in [6.07, 6.45) is 4.38. The molecule has 0 radical (unpaired) electrons. The summed E-state index contributed by atoms with van der Waals surface area (Å²) in [4.78, 5) is 17.1. The molecule has 0 N–H and O–H groups in total. The maximum Gasteiger partial charge on any atom is 0.339 e. The Balaban J connectivity index is 2.86. The molecule has 1 heterocycles. The van der Waals surface area contributed by atoms with Gasteiger partial charge >= 0.3 is 5.69 Å². The Bertz CT molecular complexity index is 427. The summed E-state index contributed by atoms with van der Waals surface area (Å²) in [6.45, 7) is 5.91. The zero-order chi connectivity index (χ0) is 12.0. The van der Waals surface area contributed by atoms with Crippen molar-refractivity contribution in [2.75, 3.05) is 6.54 Å². The van der Waals surface area contributed by atoms with Crippen molar-refractivity contribution in [3.05, 3.63) is 15.3 Å². The molecule has 16 heavy (non-hydrogen) atoms. The molecule has 1 aromatic heterocycles. The van der Waals surface area contributed by atoms with Crippen LogP contribution >= 0.6 is 11.5 Å². The van der Waals surface area contributed by atoms with Crippen LogP contribution in [0.25, 0.3) is 0 Å². The molecule has 0 aliphatic heterocycles. The van der Waals surface area contributed by atoms with Gasteiger partial charge in [-0.1, -0.05) is 26.7 Å². The van der Waals surface area contributed by atoms with Gasteiger partial charge in [0, 0.05) is 20.1 Å². The number of unbranched alkanes of at least 4 members (excludes halogenated alkanes) is 2. The van der Waals surface area contributed by atoms with Gasteiger partial charge in [-0.05, 0) is 24.4 Å². The maximum atomic E-state index is 11.8. The predicted octanol–water partition coefficient (Wildman–Crippen LogP) is 1.75. The third-order valence-electron chi connectivity index (χ3n) is 2.45. The van der Waals surface area contributed by atoms with Crippen LogP contribution in [0.2, 0.25) is 0 Å². The summed E-state index contributed by atoms with van der Waals surface area (Å²) in [7, 11) is 1.80. The summed E-state index contributed by atoms with van der Waals surface area (Å²) in [5, 5.41) is 0. The summed E-state index contributed by atoms with van der Waals surface area (Å²) in [6, 6.07) is 0. The average molecular weight is 243 g/mol. The van der Waals surface area contributed by atoms with Gasteiger partial charge in [-0.2, -0.15) is 0 Å². The largest absolute Gasteiger partial charge is 0.339 e. The van der Waals surface area contributed by atoms with Crippen molar-refractivity contribution >= 4 is 11.5 Å². The van der Waals surface area contributed by atoms with E-state index in [1.165, 1.54) is 11.5 Å². The minimum atomic E-state index is 0.0636. The van der Waals surface area contributed by atoms with E-state index in [9.17, 15) is 4.79 Å².